The summed E-state index contributed by atoms with van der Waals surface area (Å²) >= 11 is 0. The molecule has 0 fully saturated rings. The third-order valence-electron chi connectivity index (χ3n) is 3.91. The van der Waals surface area contributed by atoms with E-state index in [9.17, 15) is 14.4 Å². The second-order valence-electron chi connectivity index (χ2n) is 6.10. The zero-order valence-corrected chi connectivity index (χ0v) is 15.3. The normalized spacial score (nSPS) is 12.8. The summed E-state index contributed by atoms with van der Waals surface area (Å²) in [6.45, 7) is 5.50. The van der Waals surface area contributed by atoms with Gasteiger partial charge in [0.1, 0.15) is 12.1 Å². The van der Waals surface area contributed by atoms with Gasteiger partial charge >= 0.3 is 5.97 Å². The number of carbonyl (C=O) groups excluding carboxylic acids is 3. The Balaban J connectivity index is 2.79. The van der Waals surface area contributed by atoms with E-state index in [1.807, 2.05) is 6.07 Å². The van der Waals surface area contributed by atoms with Crippen molar-refractivity contribution < 1.29 is 19.1 Å². The van der Waals surface area contributed by atoms with Gasteiger partial charge in [-0.15, -0.1) is 0 Å². The maximum atomic E-state index is 12.6. The van der Waals surface area contributed by atoms with Crippen LogP contribution >= 0.6 is 0 Å². The van der Waals surface area contributed by atoms with Crippen LogP contribution in [0.5, 0.6) is 0 Å². The Labute approximate surface area is 149 Å². The van der Waals surface area contributed by atoms with E-state index in [0.717, 1.165) is 19.3 Å². The first-order valence-electron chi connectivity index (χ1n) is 8.74. The van der Waals surface area contributed by atoms with E-state index in [0.29, 0.717) is 12.0 Å². The molecule has 1 atom stereocenters. The number of ether oxygens (including phenoxy) is 1. The lowest BCUT2D eigenvalue weighted by Gasteiger charge is -2.29. The highest BCUT2D eigenvalue weighted by Crippen LogP contribution is 2.16. The van der Waals surface area contributed by atoms with Gasteiger partial charge in [-0.2, -0.15) is 0 Å². The third-order valence-corrected chi connectivity index (χ3v) is 3.91. The van der Waals surface area contributed by atoms with Crippen LogP contribution in [0, 0.1) is 0 Å². The van der Waals surface area contributed by atoms with Crippen LogP contribution in [-0.4, -0.2) is 36.5 Å². The van der Waals surface area contributed by atoms with Gasteiger partial charge < -0.3 is 15.4 Å². The van der Waals surface area contributed by atoms with Crippen molar-refractivity contribution in [3.05, 3.63) is 35.9 Å². The molecule has 25 heavy (non-hydrogen) atoms. The van der Waals surface area contributed by atoms with Crippen molar-refractivity contribution in [2.75, 3.05) is 13.2 Å². The summed E-state index contributed by atoms with van der Waals surface area (Å²) in [5, 5.41) is 5.38. The Hall–Kier alpha value is -2.37. The second-order valence-corrected chi connectivity index (χ2v) is 6.10. The van der Waals surface area contributed by atoms with E-state index in [2.05, 4.69) is 17.6 Å². The predicted molar refractivity (Wildman–Crippen MR) is 96.1 cm³/mol. The first-order valence-corrected chi connectivity index (χ1v) is 8.74. The molecular weight excluding hydrogens is 320 g/mol. The van der Waals surface area contributed by atoms with Gasteiger partial charge in [0.05, 0.1) is 6.61 Å². The van der Waals surface area contributed by atoms with Crippen molar-refractivity contribution in [3.8, 4) is 0 Å². The van der Waals surface area contributed by atoms with Crippen molar-refractivity contribution in [1.29, 1.82) is 0 Å². The smallest absolute Gasteiger partial charge is 0.325 e. The molecule has 0 saturated heterocycles. The molecule has 0 aliphatic heterocycles. The minimum absolute atomic E-state index is 0.211. The lowest BCUT2D eigenvalue weighted by atomic mass is 9.92. The number of unbranched alkanes of at least 4 members (excludes halogenated alkanes) is 2. The van der Waals surface area contributed by atoms with Gasteiger partial charge in [0.2, 0.25) is 5.91 Å². The Morgan fingerprint density at radius 1 is 1.08 bits per heavy atom. The standard InChI is InChI=1S/C19H28N2O4/c1-4-6-10-13-19(3,18(24)20-14-16(22)25-5-2)21-17(23)15-11-8-7-9-12-15/h7-9,11-12H,4-6,10,13-14H2,1-3H3,(H,20,24)(H,21,23). The fourth-order valence-electron chi connectivity index (χ4n) is 2.43. The Bertz CT molecular complexity index is 574. The monoisotopic (exact) mass is 348 g/mol. The van der Waals surface area contributed by atoms with Gasteiger partial charge in [0.25, 0.3) is 5.91 Å². The molecule has 1 aromatic rings. The van der Waals surface area contributed by atoms with E-state index in [1.165, 1.54) is 0 Å². The molecule has 1 unspecified atom stereocenters. The molecule has 0 heterocycles. The van der Waals surface area contributed by atoms with Crippen LogP contribution in [-0.2, 0) is 14.3 Å². The topological polar surface area (TPSA) is 84.5 Å². The van der Waals surface area contributed by atoms with E-state index in [1.54, 1.807) is 38.1 Å². The maximum absolute atomic E-state index is 12.6. The first-order chi connectivity index (χ1) is 11.9. The number of carbonyl (C=O) groups is 3. The highest BCUT2D eigenvalue weighted by atomic mass is 16.5. The van der Waals surface area contributed by atoms with Gasteiger partial charge in [-0.1, -0.05) is 44.4 Å². The number of hydrogen-bond acceptors (Lipinski definition) is 4. The number of hydrogen-bond donors (Lipinski definition) is 2. The zero-order valence-electron chi connectivity index (χ0n) is 15.3. The molecule has 2 N–H and O–H groups in total. The summed E-state index contributed by atoms with van der Waals surface area (Å²) in [7, 11) is 0. The van der Waals surface area contributed by atoms with E-state index >= 15 is 0 Å². The molecule has 6 heteroatoms. The molecule has 0 saturated carbocycles. The average molecular weight is 348 g/mol. The van der Waals surface area contributed by atoms with Crippen LogP contribution in [0.3, 0.4) is 0 Å². The number of amides is 2. The molecule has 0 spiro atoms. The van der Waals surface area contributed by atoms with Gasteiger partial charge in [-0.25, -0.2) is 0 Å². The molecule has 6 nitrogen and oxygen atoms in total. The first kappa shape index (κ1) is 20.7. The number of nitrogens with one attached hydrogen (secondary N) is 2. The van der Waals surface area contributed by atoms with E-state index < -0.39 is 11.5 Å². The molecule has 0 aliphatic carbocycles. The van der Waals surface area contributed by atoms with Crippen molar-refractivity contribution in [3.63, 3.8) is 0 Å². The molecule has 0 radical (unpaired) electrons. The average Bonchev–Trinajstić information content (AvgIpc) is 2.60. The predicted octanol–water partition coefficient (Wildman–Crippen LogP) is 2.43. The van der Waals surface area contributed by atoms with Crippen LogP contribution in [0.2, 0.25) is 0 Å². The van der Waals surface area contributed by atoms with Crippen LogP contribution in [0.4, 0.5) is 0 Å². The SMILES string of the molecule is CCCCCC(C)(NC(=O)c1ccccc1)C(=O)NCC(=O)OCC. The largest absolute Gasteiger partial charge is 0.465 e. The Kier molecular flexibility index (Phi) is 8.67. The highest BCUT2D eigenvalue weighted by molar-refractivity contribution is 5.99. The van der Waals surface area contributed by atoms with Crippen molar-refractivity contribution in [1.82, 2.24) is 10.6 Å². The molecular formula is C19H28N2O4. The molecule has 0 bridgehead atoms. The minimum atomic E-state index is -1.09. The van der Waals surface area contributed by atoms with Crippen LogP contribution < -0.4 is 10.6 Å². The van der Waals surface area contributed by atoms with Gasteiger partial charge in [0, 0.05) is 5.56 Å². The van der Waals surface area contributed by atoms with E-state index in [-0.39, 0.29) is 25.0 Å². The van der Waals surface area contributed by atoms with Crippen LogP contribution in [0.15, 0.2) is 30.3 Å². The maximum Gasteiger partial charge on any atom is 0.325 e. The Morgan fingerprint density at radius 2 is 1.76 bits per heavy atom. The summed E-state index contributed by atoms with van der Waals surface area (Å²) < 4.78 is 4.81. The van der Waals surface area contributed by atoms with Gasteiger partial charge in [-0.05, 0) is 32.4 Å². The lowest BCUT2D eigenvalue weighted by molar-refractivity contribution is -0.144. The molecule has 2 amide bonds. The van der Waals surface area contributed by atoms with Gasteiger partial charge in [0.15, 0.2) is 0 Å². The summed E-state index contributed by atoms with van der Waals surface area (Å²) in [4.78, 5) is 36.5. The lowest BCUT2D eigenvalue weighted by Crippen LogP contribution is -2.57. The van der Waals surface area contributed by atoms with Crippen molar-refractivity contribution >= 4 is 17.8 Å². The summed E-state index contributed by atoms with van der Waals surface area (Å²) in [5.41, 5.74) is -0.600. The number of esters is 1. The van der Waals surface area contributed by atoms with Crippen LogP contribution in [0.1, 0.15) is 56.8 Å². The molecule has 0 aliphatic rings. The quantitative estimate of drug-likeness (QED) is 0.502. The highest BCUT2D eigenvalue weighted by Gasteiger charge is 2.34. The zero-order chi connectivity index (χ0) is 18.7. The molecule has 1 aromatic carbocycles. The number of rotatable bonds is 10. The third kappa shape index (κ3) is 6.95. The number of benzene rings is 1. The minimum Gasteiger partial charge on any atom is -0.465 e. The summed E-state index contributed by atoms with van der Waals surface area (Å²) in [5.74, 6) is -1.20. The van der Waals surface area contributed by atoms with Crippen molar-refractivity contribution in [2.45, 2.75) is 52.0 Å². The fraction of sp³-hybridized carbons (Fsp3) is 0.526. The fourth-order valence-corrected chi connectivity index (χ4v) is 2.43. The van der Waals surface area contributed by atoms with Crippen molar-refractivity contribution in [2.24, 2.45) is 0 Å². The molecule has 1 rings (SSSR count). The molecule has 138 valence electrons. The Morgan fingerprint density at radius 3 is 2.36 bits per heavy atom. The van der Waals surface area contributed by atoms with E-state index in [4.69, 9.17) is 4.74 Å². The summed E-state index contributed by atoms with van der Waals surface area (Å²) in [6, 6.07) is 8.74. The van der Waals surface area contributed by atoms with Crippen LogP contribution in [0.25, 0.3) is 0 Å². The van der Waals surface area contributed by atoms with Gasteiger partial charge in [-0.3, -0.25) is 14.4 Å². The second kappa shape index (κ2) is 10.5. The summed E-state index contributed by atoms with van der Waals surface area (Å²) in [6.07, 6.45) is 3.26. The molecule has 0 aromatic heterocycles.